The maximum absolute atomic E-state index is 8.95. The SMILES string of the molecule is CCCC[C@H]1CSC(=Nc2ccc(C#N)cc2CC)N1. The first-order valence-electron chi connectivity index (χ1n) is 7.27. The van der Waals surface area contributed by atoms with Gasteiger partial charge in [0.25, 0.3) is 0 Å². The highest BCUT2D eigenvalue weighted by atomic mass is 32.2. The number of nitriles is 1. The molecule has 1 atom stereocenters. The van der Waals surface area contributed by atoms with Gasteiger partial charge in [-0.05, 0) is 36.6 Å². The predicted molar refractivity (Wildman–Crippen MR) is 86.5 cm³/mol. The summed E-state index contributed by atoms with van der Waals surface area (Å²) >= 11 is 1.80. The minimum atomic E-state index is 0.558. The average molecular weight is 287 g/mol. The number of unbranched alkanes of at least 4 members (excludes halogenated alkanes) is 1. The van der Waals surface area contributed by atoms with Gasteiger partial charge in [-0.3, -0.25) is 0 Å². The Morgan fingerprint density at radius 1 is 1.45 bits per heavy atom. The molecule has 0 bridgehead atoms. The zero-order valence-electron chi connectivity index (χ0n) is 12.1. The van der Waals surface area contributed by atoms with Crippen molar-refractivity contribution < 1.29 is 0 Å². The highest BCUT2D eigenvalue weighted by molar-refractivity contribution is 8.14. The van der Waals surface area contributed by atoms with E-state index in [4.69, 9.17) is 10.3 Å². The van der Waals surface area contributed by atoms with Crippen molar-refractivity contribution in [1.29, 1.82) is 5.26 Å². The normalized spacial score (nSPS) is 19.9. The van der Waals surface area contributed by atoms with Crippen molar-refractivity contribution in [2.75, 3.05) is 5.75 Å². The van der Waals surface area contributed by atoms with Gasteiger partial charge in [0.1, 0.15) is 0 Å². The molecule has 0 saturated carbocycles. The van der Waals surface area contributed by atoms with E-state index in [1.165, 1.54) is 19.3 Å². The predicted octanol–water partition coefficient (Wildman–Crippen LogP) is 4.00. The zero-order valence-corrected chi connectivity index (χ0v) is 13.0. The molecule has 1 aliphatic heterocycles. The maximum Gasteiger partial charge on any atom is 0.162 e. The summed E-state index contributed by atoms with van der Waals surface area (Å²) in [4.78, 5) is 4.72. The van der Waals surface area contributed by atoms with Crippen LogP contribution in [0.3, 0.4) is 0 Å². The molecule has 1 N–H and O–H groups in total. The number of aryl methyl sites for hydroxylation is 1. The van der Waals surface area contributed by atoms with Gasteiger partial charge in [0.15, 0.2) is 5.17 Å². The Morgan fingerprint density at radius 3 is 3.00 bits per heavy atom. The van der Waals surface area contributed by atoms with Gasteiger partial charge >= 0.3 is 0 Å². The zero-order chi connectivity index (χ0) is 14.4. The molecule has 0 radical (unpaired) electrons. The first kappa shape index (κ1) is 14.9. The van der Waals surface area contributed by atoms with Crippen LogP contribution in [0.5, 0.6) is 0 Å². The van der Waals surface area contributed by atoms with E-state index in [1.807, 2.05) is 18.2 Å². The summed E-state index contributed by atoms with van der Waals surface area (Å²) in [6.07, 6.45) is 4.62. The molecule has 2 rings (SSSR count). The second kappa shape index (κ2) is 7.35. The summed E-state index contributed by atoms with van der Waals surface area (Å²) in [5.41, 5.74) is 2.83. The summed E-state index contributed by atoms with van der Waals surface area (Å²) < 4.78 is 0. The molecule has 106 valence electrons. The molecule has 1 fully saturated rings. The molecule has 4 heteroatoms. The third kappa shape index (κ3) is 3.77. The van der Waals surface area contributed by atoms with Crippen LogP contribution in [0.25, 0.3) is 0 Å². The van der Waals surface area contributed by atoms with Crippen molar-refractivity contribution in [3.8, 4) is 6.07 Å². The summed E-state index contributed by atoms with van der Waals surface area (Å²) in [6, 6.07) is 8.47. The third-order valence-electron chi connectivity index (χ3n) is 3.47. The van der Waals surface area contributed by atoms with Crippen molar-refractivity contribution in [3.63, 3.8) is 0 Å². The minimum Gasteiger partial charge on any atom is -0.361 e. The number of rotatable bonds is 5. The van der Waals surface area contributed by atoms with Crippen LogP contribution in [0.15, 0.2) is 23.2 Å². The lowest BCUT2D eigenvalue weighted by atomic mass is 10.1. The van der Waals surface area contributed by atoms with Crippen LogP contribution in [0.1, 0.15) is 44.2 Å². The molecule has 0 amide bonds. The molecule has 3 nitrogen and oxygen atoms in total. The summed E-state index contributed by atoms with van der Waals surface area (Å²) in [6.45, 7) is 4.32. The van der Waals surface area contributed by atoms with Crippen molar-refractivity contribution in [3.05, 3.63) is 29.3 Å². The highest BCUT2D eigenvalue weighted by Crippen LogP contribution is 2.25. The molecule has 1 aliphatic rings. The van der Waals surface area contributed by atoms with E-state index >= 15 is 0 Å². The highest BCUT2D eigenvalue weighted by Gasteiger charge is 2.19. The molecule has 0 unspecified atom stereocenters. The fraction of sp³-hybridized carbons (Fsp3) is 0.500. The number of amidine groups is 1. The Kier molecular flexibility index (Phi) is 5.49. The smallest absolute Gasteiger partial charge is 0.162 e. The van der Waals surface area contributed by atoms with Gasteiger partial charge in [0.05, 0.1) is 17.3 Å². The van der Waals surface area contributed by atoms with E-state index in [0.29, 0.717) is 11.6 Å². The van der Waals surface area contributed by atoms with Crippen LogP contribution in [0, 0.1) is 11.3 Å². The lowest BCUT2D eigenvalue weighted by Gasteiger charge is -2.09. The van der Waals surface area contributed by atoms with Gasteiger partial charge < -0.3 is 5.32 Å². The van der Waals surface area contributed by atoms with E-state index in [0.717, 1.165) is 28.6 Å². The Morgan fingerprint density at radius 2 is 2.30 bits per heavy atom. The summed E-state index contributed by atoms with van der Waals surface area (Å²) in [7, 11) is 0. The van der Waals surface area contributed by atoms with Crippen LogP contribution in [-0.2, 0) is 6.42 Å². The molecule has 0 aromatic heterocycles. The van der Waals surface area contributed by atoms with Gasteiger partial charge in [0.2, 0.25) is 0 Å². The second-order valence-electron chi connectivity index (χ2n) is 5.02. The average Bonchev–Trinajstić information content (AvgIpc) is 2.93. The fourth-order valence-corrected chi connectivity index (χ4v) is 3.29. The molecule has 1 aromatic rings. The summed E-state index contributed by atoms with van der Waals surface area (Å²) in [5, 5.41) is 13.5. The van der Waals surface area contributed by atoms with Gasteiger partial charge in [-0.25, -0.2) is 4.99 Å². The molecular weight excluding hydrogens is 266 g/mol. The van der Waals surface area contributed by atoms with E-state index in [9.17, 15) is 0 Å². The van der Waals surface area contributed by atoms with Crippen LogP contribution < -0.4 is 5.32 Å². The number of thioether (sulfide) groups is 1. The number of hydrogen-bond donors (Lipinski definition) is 1. The lowest BCUT2D eigenvalue weighted by Crippen LogP contribution is -2.26. The van der Waals surface area contributed by atoms with Crippen LogP contribution in [-0.4, -0.2) is 17.0 Å². The molecule has 20 heavy (non-hydrogen) atoms. The first-order chi connectivity index (χ1) is 9.76. The van der Waals surface area contributed by atoms with Gasteiger partial charge in [-0.15, -0.1) is 0 Å². The lowest BCUT2D eigenvalue weighted by molar-refractivity contribution is 0.588. The number of benzene rings is 1. The van der Waals surface area contributed by atoms with Gasteiger partial charge in [0, 0.05) is 11.8 Å². The van der Waals surface area contributed by atoms with Crippen LogP contribution in [0.2, 0.25) is 0 Å². The van der Waals surface area contributed by atoms with Crippen molar-refractivity contribution in [2.45, 2.75) is 45.6 Å². The molecule has 1 aromatic carbocycles. The van der Waals surface area contributed by atoms with E-state index in [-0.39, 0.29) is 0 Å². The maximum atomic E-state index is 8.95. The largest absolute Gasteiger partial charge is 0.361 e. The monoisotopic (exact) mass is 287 g/mol. The molecule has 1 saturated heterocycles. The van der Waals surface area contributed by atoms with E-state index in [1.54, 1.807) is 11.8 Å². The molecule has 0 aliphatic carbocycles. The van der Waals surface area contributed by atoms with Gasteiger partial charge in [-0.1, -0.05) is 38.5 Å². The number of nitrogens with zero attached hydrogens (tertiary/aromatic N) is 2. The first-order valence-corrected chi connectivity index (χ1v) is 8.26. The minimum absolute atomic E-state index is 0.558. The molecular formula is C16H21N3S. The Labute approximate surface area is 125 Å². The number of aliphatic imine (C=N–C) groups is 1. The molecule has 1 heterocycles. The number of hydrogen-bond acceptors (Lipinski definition) is 3. The Hall–Kier alpha value is -1.47. The quantitative estimate of drug-likeness (QED) is 0.890. The van der Waals surface area contributed by atoms with Crippen LogP contribution >= 0.6 is 11.8 Å². The van der Waals surface area contributed by atoms with Gasteiger partial charge in [-0.2, -0.15) is 5.26 Å². The molecule has 0 spiro atoms. The van der Waals surface area contributed by atoms with Crippen LogP contribution in [0.4, 0.5) is 5.69 Å². The standard InChI is InChI=1S/C16H21N3S/c1-3-5-6-14-11-20-16(18-14)19-15-8-7-12(10-17)9-13(15)4-2/h7-9,14H,3-6,11H2,1-2H3,(H,18,19)/t14-/m0/s1. The Bertz CT molecular complexity index is 531. The topological polar surface area (TPSA) is 48.2 Å². The summed E-state index contributed by atoms with van der Waals surface area (Å²) in [5.74, 6) is 1.11. The second-order valence-corrected chi connectivity index (χ2v) is 6.03. The van der Waals surface area contributed by atoms with Crippen molar-refractivity contribution in [2.24, 2.45) is 4.99 Å². The Balaban J connectivity index is 2.10. The number of nitrogens with one attached hydrogen (secondary N) is 1. The van der Waals surface area contributed by atoms with Crippen molar-refractivity contribution >= 4 is 22.6 Å². The van der Waals surface area contributed by atoms with E-state index < -0.39 is 0 Å². The van der Waals surface area contributed by atoms with E-state index in [2.05, 4.69) is 25.2 Å². The fourth-order valence-electron chi connectivity index (χ4n) is 2.26. The van der Waals surface area contributed by atoms with Crippen molar-refractivity contribution in [1.82, 2.24) is 5.32 Å². The third-order valence-corrected chi connectivity index (χ3v) is 4.52.